The zero-order valence-electron chi connectivity index (χ0n) is 10.5. The van der Waals surface area contributed by atoms with Crippen molar-refractivity contribution < 1.29 is 18.4 Å². The molecule has 0 saturated heterocycles. The van der Waals surface area contributed by atoms with E-state index >= 15 is 0 Å². The molecule has 2 aromatic rings. The van der Waals surface area contributed by atoms with Gasteiger partial charge in [-0.2, -0.15) is 8.78 Å². The Kier molecular flexibility index (Phi) is 4.12. The number of hydrogen-bond donors (Lipinski definition) is 2. The van der Waals surface area contributed by atoms with Crippen LogP contribution < -0.4 is 15.8 Å². The summed E-state index contributed by atoms with van der Waals surface area (Å²) in [4.78, 5) is 13.8. The van der Waals surface area contributed by atoms with Gasteiger partial charge in [-0.25, -0.2) is 4.98 Å². The Morgan fingerprint density at radius 1 is 1.24 bits per heavy atom. The van der Waals surface area contributed by atoms with E-state index in [4.69, 9.17) is 5.73 Å². The van der Waals surface area contributed by atoms with Crippen molar-refractivity contribution in [2.45, 2.75) is 6.61 Å². The largest absolute Gasteiger partial charge is 0.435 e. The molecule has 9 heteroatoms. The standard InChI is InChI=1S/C12H10F2N4O3/c13-12(14)21-8-3-1-7(2-4-8)16-10-6-5-9(18(19)20)11(15)17-10/h1-6,12H,(H3,15,16,17). The molecule has 0 aliphatic heterocycles. The van der Waals surface area contributed by atoms with Crippen LogP contribution in [-0.2, 0) is 0 Å². The fourth-order valence-corrected chi connectivity index (χ4v) is 1.56. The third kappa shape index (κ3) is 3.75. The summed E-state index contributed by atoms with van der Waals surface area (Å²) >= 11 is 0. The van der Waals surface area contributed by atoms with Gasteiger partial charge in [0.25, 0.3) is 0 Å². The highest BCUT2D eigenvalue weighted by Crippen LogP contribution is 2.24. The molecular weight excluding hydrogens is 286 g/mol. The maximum atomic E-state index is 12.0. The van der Waals surface area contributed by atoms with Crippen LogP contribution >= 0.6 is 0 Å². The molecule has 0 aliphatic carbocycles. The van der Waals surface area contributed by atoms with Crippen LogP contribution in [0, 0.1) is 10.1 Å². The number of halogens is 2. The van der Waals surface area contributed by atoms with Crippen LogP contribution in [0.2, 0.25) is 0 Å². The lowest BCUT2D eigenvalue weighted by atomic mass is 10.3. The zero-order valence-corrected chi connectivity index (χ0v) is 10.5. The van der Waals surface area contributed by atoms with Crippen molar-refractivity contribution in [1.29, 1.82) is 0 Å². The Morgan fingerprint density at radius 2 is 1.90 bits per heavy atom. The highest BCUT2D eigenvalue weighted by Gasteiger charge is 2.12. The van der Waals surface area contributed by atoms with Crippen LogP contribution in [0.1, 0.15) is 0 Å². The molecule has 0 spiro atoms. The molecule has 7 nitrogen and oxygen atoms in total. The SMILES string of the molecule is Nc1nc(Nc2ccc(OC(F)F)cc2)ccc1[N+](=O)[O-]. The minimum Gasteiger partial charge on any atom is -0.435 e. The molecule has 0 fully saturated rings. The molecular formula is C12H10F2N4O3. The predicted octanol–water partition coefficient (Wildman–Crippen LogP) is 2.92. The van der Waals surface area contributed by atoms with E-state index in [1.165, 1.54) is 36.4 Å². The van der Waals surface area contributed by atoms with Gasteiger partial charge in [0.05, 0.1) is 4.92 Å². The maximum Gasteiger partial charge on any atom is 0.387 e. The lowest BCUT2D eigenvalue weighted by Crippen LogP contribution is -2.02. The second kappa shape index (κ2) is 5.99. The van der Waals surface area contributed by atoms with E-state index in [-0.39, 0.29) is 17.3 Å². The number of nitrogens with one attached hydrogen (secondary N) is 1. The second-order valence-corrected chi connectivity index (χ2v) is 3.89. The third-order valence-corrected chi connectivity index (χ3v) is 2.45. The van der Waals surface area contributed by atoms with Crippen molar-refractivity contribution in [3.63, 3.8) is 0 Å². The zero-order chi connectivity index (χ0) is 15.4. The smallest absolute Gasteiger partial charge is 0.387 e. The number of anilines is 3. The molecule has 0 atom stereocenters. The van der Waals surface area contributed by atoms with Crippen LogP contribution in [-0.4, -0.2) is 16.5 Å². The van der Waals surface area contributed by atoms with Crippen molar-refractivity contribution in [2.75, 3.05) is 11.1 Å². The lowest BCUT2D eigenvalue weighted by molar-refractivity contribution is -0.384. The van der Waals surface area contributed by atoms with Crippen molar-refractivity contribution in [3.8, 4) is 5.75 Å². The number of nitro groups is 1. The number of hydrogen-bond acceptors (Lipinski definition) is 6. The molecule has 0 amide bonds. The van der Waals surface area contributed by atoms with Gasteiger partial charge in [-0.05, 0) is 30.3 Å². The van der Waals surface area contributed by atoms with Crippen LogP contribution in [0.15, 0.2) is 36.4 Å². The Bertz CT molecular complexity index is 649. The Morgan fingerprint density at radius 3 is 2.43 bits per heavy atom. The van der Waals surface area contributed by atoms with Gasteiger partial charge in [-0.3, -0.25) is 10.1 Å². The van der Waals surface area contributed by atoms with Crippen LogP contribution in [0.3, 0.4) is 0 Å². The van der Waals surface area contributed by atoms with Gasteiger partial charge in [0, 0.05) is 11.8 Å². The molecule has 0 bridgehead atoms. The topological polar surface area (TPSA) is 103 Å². The van der Waals surface area contributed by atoms with Gasteiger partial charge >= 0.3 is 12.3 Å². The number of nitrogens with zero attached hydrogens (tertiary/aromatic N) is 2. The summed E-state index contributed by atoms with van der Waals surface area (Å²) in [6.07, 6.45) is 0. The normalized spacial score (nSPS) is 10.4. The number of nitrogen functional groups attached to an aromatic ring is 1. The summed E-state index contributed by atoms with van der Waals surface area (Å²) in [5.74, 6) is 0.0926. The quantitative estimate of drug-likeness (QED) is 0.649. The van der Waals surface area contributed by atoms with Crippen LogP contribution in [0.4, 0.5) is 31.8 Å². The van der Waals surface area contributed by atoms with Crippen LogP contribution in [0.5, 0.6) is 5.75 Å². The monoisotopic (exact) mass is 296 g/mol. The summed E-state index contributed by atoms with van der Waals surface area (Å²) in [5, 5.41) is 13.4. The molecule has 3 N–H and O–H groups in total. The van der Waals surface area contributed by atoms with Crippen molar-refractivity contribution in [1.82, 2.24) is 4.98 Å². The minimum absolute atomic E-state index is 0.0201. The predicted molar refractivity (Wildman–Crippen MR) is 71.7 cm³/mol. The van der Waals surface area contributed by atoms with Crippen molar-refractivity contribution >= 4 is 23.0 Å². The summed E-state index contributed by atoms with van der Waals surface area (Å²) in [6.45, 7) is -2.89. The molecule has 1 heterocycles. The maximum absolute atomic E-state index is 12.0. The molecule has 1 aromatic heterocycles. The molecule has 0 aliphatic rings. The van der Waals surface area contributed by atoms with Crippen molar-refractivity contribution in [2.24, 2.45) is 0 Å². The van der Waals surface area contributed by atoms with E-state index in [0.717, 1.165) is 0 Å². The van der Waals surface area contributed by atoms with Gasteiger partial charge in [-0.15, -0.1) is 0 Å². The molecule has 1 aromatic carbocycles. The first-order valence-corrected chi connectivity index (χ1v) is 5.68. The molecule has 2 rings (SSSR count). The molecule has 110 valence electrons. The number of rotatable bonds is 5. The summed E-state index contributed by atoms with van der Waals surface area (Å²) < 4.78 is 28.2. The van der Waals surface area contributed by atoms with Gasteiger partial charge in [0.15, 0.2) is 0 Å². The number of benzene rings is 1. The fourth-order valence-electron chi connectivity index (χ4n) is 1.56. The molecule has 0 saturated carbocycles. The summed E-state index contributed by atoms with van der Waals surface area (Å²) in [5.41, 5.74) is 5.71. The van der Waals surface area contributed by atoms with Gasteiger partial charge < -0.3 is 15.8 Å². The number of alkyl halides is 2. The molecule has 0 radical (unpaired) electrons. The van der Waals surface area contributed by atoms with E-state index in [0.29, 0.717) is 11.5 Å². The van der Waals surface area contributed by atoms with E-state index in [1.54, 1.807) is 0 Å². The minimum atomic E-state index is -2.89. The fraction of sp³-hybridized carbons (Fsp3) is 0.0833. The van der Waals surface area contributed by atoms with E-state index < -0.39 is 11.5 Å². The summed E-state index contributed by atoms with van der Waals surface area (Å²) in [6, 6.07) is 8.30. The van der Waals surface area contributed by atoms with Gasteiger partial charge in [0.2, 0.25) is 5.82 Å². The van der Waals surface area contributed by atoms with E-state index in [9.17, 15) is 18.9 Å². The number of nitrogens with two attached hydrogens (primary N) is 1. The number of aromatic nitrogens is 1. The third-order valence-electron chi connectivity index (χ3n) is 2.45. The molecule has 21 heavy (non-hydrogen) atoms. The Balaban J connectivity index is 2.11. The molecule has 0 unspecified atom stereocenters. The van der Waals surface area contributed by atoms with Gasteiger partial charge in [0.1, 0.15) is 11.6 Å². The first-order chi connectivity index (χ1) is 9.95. The Labute approximate surface area is 117 Å². The second-order valence-electron chi connectivity index (χ2n) is 3.89. The number of ether oxygens (including phenoxy) is 1. The highest BCUT2D eigenvalue weighted by atomic mass is 19.3. The highest BCUT2D eigenvalue weighted by molar-refractivity contribution is 5.62. The van der Waals surface area contributed by atoms with Crippen molar-refractivity contribution in [3.05, 3.63) is 46.5 Å². The summed E-state index contributed by atoms with van der Waals surface area (Å²) in [7, 11) is 0. The van der Waals surface area contributed by atoms with Gasteiger partial charge in [-0.1, -0.05) is 0 Å². The van der Waals surface area contributed by atoms with Crippen LogP contribution in [0.25, 0.3) is 0 Å². The average Bonchev–Trinajstić information content (AvgIpc) is 2.40. The van der Waals surface area contributed by atoms with E-state index in [1.807, 2.05) is 0 Å². The average molecular weight is 296 g/mol. The number of pyridine rings is 1. The first kappa shape index (κ1) is 14.4. The lowest BCUT2D eigenvalue weighted by Gasteiger charge is -2.08. The van der Waals surface area contributed by atoms with E-state index in [2.05, 4.69) is 15.0 Å². The Hall–Kier alpha value is -2.97. The first-order valence-electron chi connectivity index (χ1n) is 5.68.